The van der Waals surface area contributed by atoms with Crippen LogP contribution in [0.1, 0.15) is 5.56 Å². The molecule has 0 saturated heterocycles. The summed E-state index contributed by atoms with van der Waals surface area (Å²) in [7, 11) is 0. The molecule has 0 atom stereocenters. The first-order valence-electron chi connectivity index (χ1n) is 12.6. The summed E-state index contributed by atoms with van der Waals surface area (Å²) in [5, 5.41) is 9.24. The van der Waals surface area contributed by atoms with Crippen molar-refractivity contribution in [3.8, 4) is 22.6 Å². The van der Waals surface area contributed by atoms with Crippen LogP contribution in [-0.2, 0) is 0 Å². The van der Waals surface area contributed by atoms with Crippen LogP contribution in [-0.4, -0.2) is 0 Å². The predicted octanol–water partition coefficient (Wildman–Crippen LogP) is 10.3. The van der Waals surface area contributed by atoms with Gasteiger partial charge in [-0.05, 0) is 75.1 Å². The number of rotatable bonds is 2. The minimum Gasteiger partial charge on any atom is -0.456 e. The van der Waals surface area contributed by atoms with Gasteiger partial charge in [0.05, 0.1) is 0 Å². The molecular formula is C35H22O2. The number of furan rings is 2. The van der Waals surface area contributed by atoms with Crippen LogP contribution in [0.25, 0.3) is 76.9 Å². The Morgan fingerprint density at radius 1 is 0.432 bits per heavy atom. The van der Waals surface area contributed by atoms with Gasteiger partial charge in [0.25, 0.3) is 0 Å². The predicted molar refractivity (Wildman–Crippen MR) is 154 cm³/mol. The quantitative estimate of drug-likeness (QED) is 0.233. The number of para-hydroxylation sites is 2. The smallest absolute Gasteiger partial charge is 0.137 e. The Labute approximate surface area is 213 Å². The molecule has 8 aromatic rings. The first-order valence-corrected chi connectivity index (χ1v) is 12.6. The Kier molecular flexibility index (Phi) is 4.18. The van der Waals surface area contributed by atoms with Crippen molar-refractivity contribution in [1.82, 2.24) is 0 Å². The molecule has 174 valence electrons. The maximum Gasteiger partial charge on any atom is 0.137 e. The minimum absolute atomic E-state index is 0.879. The molecule has 0 bridgehead atoms. The van der Waals surface area contributed by atoms with E-state index in [9.17, 15) is 0 Å². The highest BCUT2D eigenvalue weighted by molar-refractivity contribution is 6.23. The van der Waals surface area contributed by atoms with E-state index in [2.05, 4.69) is 110 Å². The second-order valence-corrected chi connectivity index (χ2v) is 9.79. The van der Waals surface area contributed by atoms with Crippen LogP contribution in [0.2, 0.25) is 0 Å². The monoisotopic (exact) mass is 474 g/mol. The molecule has 0 amide bonds. The molecule has 2 heteroatoms. The van der Waals surface area contributed by atoms with Crippen molar-refractivity contribution < 1.29 is 8.83 Å². The standard InChI is InChI=1S/C35H22O2/c1-21-9-8-13-25-20-32(37-35(21)25)34-27-15-6-5-14-26(27)33(31-19-24-12-4-7-16-30(24)36-31)28-17-22-10-2-3-11-23(22)18-29(28)34/h2-20H,1H3. The number of aryl methyl sites for hydroxylation is 1. The van der Waals surface area contributed by atoms with Gasteiger partial charge in [0.2, 0.25) is 0 Å². The number of fused-ring (bicyclic) bond motifs is 5. The van der Waals surface area contributed by atoms with E-state index in [1.54, 1.807) is 0 Å². The van der Waals surface area contributed by atoms with Crippen LogP contribution in [0.5, 0.6) is 0 Å². The Morgan fingerprint density at radius 3 is 1.62 bits per heavy atom. The highest BCUT2D eigenvalue weighted by atomic mass is 16.3. The van der Waals surface area contributed by atoms with Crippen molar-refractivity contribution >= 4 is 54.3 Å². The first kappa shape index (κ1) is 20.4. The van der Waals surface area contributed by atoms with Crippen molar-refractivity contribution in [2.24, 2.45) is 0 Å². The van der Waals surface area contributed by atoms with Crippen molar-refractivity contribution in [1.29, 1.82) is 0 Å². The number of benzene rings is 6. The van der Waals surface area contributed by atoms with Crippen LogP contribution in [0.15, 0.2) is 124 Å². The highest BCUT2D eigenvalue weighted by Crippen LogP contribution is 2.46. The Balaban J connectivity index is 1.58. The Hall–Kier alpha value is -4.82. The van der Waals surface area contributed by atoms with Crippen LogP contribution in [0.4, 0.5) is 0 Å². The molecule has 2 nitrogen and oxygen atoms in total. The van der Waals surface area contributed by atoms with E-state index in [0.29, 0.717) is 0 Å². The fourth-order valence-electron chi connectivity index (χ4n) is 5.83. The molecule has 0 radical (unpaired) electrons. The maximum atomic E-state index is 6.58. The Bertz CT molecular complexity index is 2120. The summed E-state index contributed by atoms with van der Waals surface area (Å²) in [4.78, 5) is 0. The third kappa shape index (κ3) is 2.99. The summed E-state index contributed by atoms with van der Waals surface area (Å²) in [5.41, 5.74) is 5.21. The lowest BCUT2D eigenvalue weighted by atomic mass is 9.88. The molecule has 6 aromatic carbocycles. The van der Waals surface area contributed by atoms with Gasteiger partial charge in [-0.1, -0.05) is 84.9 Å². The molecule has 8 rings (SSSR count). The van der Waals surface area contributed by atoms with Crippen LogP contribution < -0.4 is 0 Å². The summed E-state index contributed by atoms with van der Waals surface area (Å²) < 4.78 is 13.1. The lowest BCUT2D eigenvalue weighted by Crippen LogP contribution is -1.90. The van der Waals surface area contributed by atoms with Gasteiger partial charge in [-0.25, -0.2) is 0 Å². The molecule has 0 aliphatic rings. The fraction of sp³-hybridized carbons (Fsp3) is 0.0286. The second-order valence-electron chi connectivity index (χ2n) is 9.79. The first-order chi connectivity index (χ1) is 18.2. The minimum atomic E-state index is 0.879. The molecule has 0 N–H and O–H groups in total. The Morgan fingerprint density at radius 2 is 0.973 bits per heavy atom. The second kappa shape index (κ2) is 7.59. The van der Waals surface area contributed by atoms with Gasteiger partial charge < -0.3 is 8.83 Å². The summed E-state index contributed by atoms with van der Waals surface area (Å²) in [6.45, 7) is 2.10. The van der Waals surface area contributed by atoms with Crippen molar-refractivity contribution in [3.05, 3.63) is 121 Å². The number of hydrogen-bond acceptors (Lipinski definition) is 2. The van der Waals surface area contributed by atoms with Gasteiger partial charge in [-0.2, -0.15) is 0 Å². The van der Waals surface area contributed by atoms with Gasteiger partial charge in [-0.15, -0.1) is 0 Å². The van der Waals surface area contributed by atoms with Gasteiger partial charge in [0, 0.05) is 21.9 Å². The van der Waals surface area contributed by atoms with Crippen molar-refractivity contribution in [2.45, 2.75) is 6.92 Å². The highest BCUT2D eigenvalue weighted by Gasteiger charge is 2.21. The normalized spacial score (nSPS) is 11.9. The van der Waals surface area contributed by atoms with E-state index < -0.39 is 0 Å². The van der Waals surface area contributed by atoms with E-state index in [0.717, 1.165) is 71.7 Å². The lowest BCUT2D eigenvalue weighted by Gasteiger charge is -2.16. The summed E-state index contributed by atoms with van der Waals surface area (Å²) >= 11 is 0. The van der Waals surface area contributed by atoms with E-state index in [1.807, 2.05) is 12.1 Å². The van der Waals surface area contributed by atoms with Gasteiger partial charge in [0.1, 0.15) is 22.7 Å². The molecule has 0 spiro atoms. The van der Waals surface area contributed by atoms with E-state index in [1.165, 1.54) is 10.8 Å². The lowest BCUT2D eigenvalue weighted by molar-refractivity contribution is 0.630. The number of hydrogen-bond donors (Lipinski definition) is 0. The zero-order valence-corrected chi connectivity index (χ0v) is 20.3. The third-order valence-corrected chi connectivity index (χ3v) is 7.55. The van der Waals surface area contributed by atoms with Crippen LogP contribution in [0, 0.1) is 6.92 Å². The molecule has 0 aliphatic carbocycles. The molecule has 2 aromatic heterocycles. The van der Waals surface area contributed by atoms with E-state index in [4.69, 9.17) is 8.83 Å². The molecule has 0 fully saturated rings. The van der Waals surface area contributed by atoms with E-state index in [-0.39, 0.29) is 0 Å². The third-order valence-electron chi connectivity index (χ3n) is 7.55. The zero-order chi connectivity index (χ0) is 24.5. The van der Waals surface area contributed by atoms with E-state index >= 15 is 0 Å². The zero-order valence-electron chi connectivity index (χ0n) is 20.3. The average molecular weight is 475 g/mol. The molecule has 37 heavy (non-hydrogen) atoms. The molecule has 2 heterocycles. The van der Waals surface area contributed by atoms with Gasteiger partial charge >= 0.3 is 0 Å². The summed E-state index contributed by atoms with van der Waals surface area (Å²) in [5.74, 6) is 1.77. The molecule has 0 aliphatic heterocycles. The summed E-state index contributed by atoms with van der Waals surface area (Å²) in [6, 6.07) is 40.6. The largest absolute Gasteiger partial charge is 0.456 e. The fourth-order valence-corrected chi connectivity index (χ4v) is 5.83. The van der Waals surface area contributed by atoms with Crippen LogP contribution >= 0.6 is 0 Å². The van der Waals surface area contributed by atoms with Gasteiger partial charge in [-0.3, -0.25) is 0 Å². The van der Waals surface area contributed by atoms with Crippen molar-refractivity contribution in [2.75, 3.05) is 0 Å². The topological polar surface area (TPSA) is 26.3 Å². The average Bonchev–Trinajstić information content (AvgIpc) is 3.55. The molecule has 0 saturated carbocycles. The van der Waals surface area contributed by atoms with Gasteiger partial charge in [0.15, 0.2) is 0 Å². The molecular weight excluding hydrogens is 452 g/mol. The van der Waals surface area contributed by atoms with Crippen LogP contribution in [0.3, 0.4) is 0 Å². The van der Waals surface area contributed by atoms with Crippen molar-refractivity contribution in [3.63, 3.8) is 0 Å². The SMILES string of the molecule is Cc1cccc2cc(-c3c4ccccc4c(-c4cc5ccccc5o4)c4cc5ccccc5cc34)oc12. The molecule has 0 unspecified atom stereocenters. The summed E-state index contributed by atoms with van der Waals surface area (Å²) in [6.07, 6.45) is 0. The maximum absolute atomic E-state index is 6.58.